The van der Waals surface area contributed by atoms with Crippen molar-refractivity contribution in [3.63, 3.8) is 0 Å². The van der Waals surface area contributed by atoms with Crippen molar-refractivity contribution in [2.24, 2.45) is 5.41 Å². The van der Waals surface area contributed by atoms with E-state index < -0.39 is 15.8 Å². The number of nitrogens with one attached hydrogen (secondary N) is 1. The van der Waals surface area contributed by atoms with Crippen LogP contribution in [0.3, 0.4) is 0 Å². The van der Waals surface area contributed by atoms with Gasteiger partial charge in [-0.25, -0.2) is 17.5 Å². The second-order valence-electron chi connectivity index (χ2n) is 5.04. The molecule has 0 amide bonds. The summed E-state index contributed by atoms with van der Waals surface area (Å²) in [5.74, 6) is -0.508. The number of aliphatic hydroxyl groups is 1. The Hall–Kier alpha value is -0.500. The maximum atomic E-state index is 12.9. The summed E-state index contributed by atoms with van der Waals surface area (Å²) in [6, 6.07) is 3.41. The van der Waals surface area contributed by atoms with Crippen LogP contribution >= 0.6 is 15.9 Å². The van der Waals surface area contributed by atoms with Crippen molar-refractivity contribution in [3.8, 4) is 0 Å². The van der Waals surface area contributed by atoms with Crippen molar-refractivity contribution in [3.05, 3.63) is 28.5 Å². The standard InChI is InChI=1S/C12H17BrFNO3S/c1-12(2,5-6-16)8-15-19(17,18)11-4-3-9(14)7-10(11)13/h3-4,7,15-16H,5-6,8H2,1-2H3. The fraction of sp³-hybridized carbons (Fsp3) is 0.500. The molecule has 0 bridgehead atoms. The molecule has 0 fully saturated rings. The third kappa shape index (κ3) is 4.83. The first-order chi connectivity index (χ1) is 8.68. The summed E-state index contributed by atoms with van der Waals surface area (Å²) in [7, 11) is -3.70. The molecule has 0 unspecified atom stereocenters. The van der Waals surface area contributed by atoms with E-state index in [4.69, 9.17) is 5.11 Å². The fourth-order valence-corrected chi connectivity index (χ4v) is 3.74. The highest BCUT2D eigenvalue weighted by Gasteiger charge is 2.23. The van der Waals surface area contributed by atoms with Crippen molar-refractivity contribution in [1.82, 2.24) is 4.72 Å². The van der Waals surface area contributed by atoms with Crippen LogP contribution in [0.2, 0.25) is 0 Å². The Morgan fingerprint density at radius 1 is 1.42 bits per heavy atom. The van der Waals surface area contributed by atoms with E-state index in [2.05, 4.69) is 20.7 Å². The lowest BCUT2D eigenvalue weighted by atomic mass is 9.90. The SMILES string of the molecule is CC(C)(CCO)CNS(=O)(=O)c1ccc(F)cc1Br. The van der Waals surface area contributed by atoms with E-state index in [1.807, 2.05) is 13.8 Å². The van der Waals surface area contributed by atoms with Crippen molar-refractivity contribution >= 4 is 26.0 Å². The largest absolute Gasteiger partial charge is 0.396 e. The van der Waals surface area contributed by atoms with Gasteiger partial charge in [-0.15, -0.1) is 0 Å². The number of rotatable bonds is 6. The monoisotopic (exact) mass is 353 g/mol. The predicted molar refractivity (Wildman–Crippen MR) is 74.8 cm³/mol. The maximum absolute atomic E-state index is 12.9. The van der Waals surface area contributed by atoms with Crippen LogP contribution in [0.5, 0.6) is 0 Å². The molecule has 7 heteroatoms. The molecular weight excluding hydrogens is 337 g/mol. The fourth-order valence-electron chi connectivity index (χ4n) is 1.45. The van der Waals surface area contributed by atoms with Gasteiger partial charge in [0.1, 0.15) is 5.82 Å². The zero-order chi connectivity index (χ0) is 14.7. The highest BCUT2D eigenvalue weighted by Crippen LogP contribution is 2.24. The molecule has 1 aromatic carbocycles. The minimum atomic E-state index is -3.70. The minimum Gasteiger partial charge on any atom is -0.396 e. The third-order valence-electron chi connectivity index (χ3n) is 2.71. The topological polar surface area (TPSA) is 66.4 Å². The van der Waals surface area contributed by atoms with Gasteiger partial charge in [0.25, 0.3) is 0 Å². The highest BCUT2D eigenvalue weighted by molar-refractivity contribution is 9.10. The lowest BCUT2D eigenvalue weighted by Crippen LogP contribution is -2.34. The molecule has 0 aliphatic rings. The van der Waals surface area contributed by atoms with E-state index in [1.165, 1.54) is 6.07 Å². The molecule has 0 spiro atoms. The zero-order valence-electron chi connectivity index (χ0n) is 10.8. The lowest BCUT2D eigenvalue weighted by Gasteiger charge is -2.23. The summed E-state index contributed by atoms with van der Waals surface area (Å²) in [6.07, 6.45) is 0.486. The number of sulfonamides is 1. The van der Waals surface area contributed by atoms with Gasteiger partial charge in [-0.2, -0.15) is 0 Å². The first kappa shape index (κ1) is 16.6. The molecule has 1 rings (SSSR count). The predicted octanol–water partition coefficient (Wildman–Crippen LogP) is 2.28. The summed E-state index contributed by atoms with van der Waals surface area (Å²) >= 11 is 3.03. The third-order valence-corrected chi connectivity index (χ3v) is 5.09. The molecule has 4 nitrogen and oxygen atoms in total. The summed E-state index contributed by atoms with van der Waals surface area (Å²) in [5.41, 5.74) is -0.353. The lowest BCUT2D eigenvalue weighted by molar-refractivity contribution is 0.213. The van der Waals surface area contributed by atoms with Crippen LogP contribution in [0.4, 0.5) is 4.39 Å². The molecule has 0 aliphatic carbocycles. The van der Waals surface area contributed by atoms with E-state index in [9.17, 15) is 12.8 Å². The van der Waals surface area contributed by atoms with Crippen LogP contribution in [-0.4, -0.2) is 26.7 Å². The molecule has 1 aromatic rings. The smallest absolute Gasteiger partial charge is 0.241 e. The Morgan fingerprint density at radius 3 is 2.58 bits per heavy atom. The van der Waals surface area contributed by atoms with Crippen LogP contribution < -0.4 is 4.72 Å². The number of hydrogen-bond donors (Lipinski definition) is 2. The van der Waals surface area contributed by atoms with E-state index in [-0.39, 0.29) is 27.9 Å². The van der Waals surface area contributed by atoms with Crippen molar-refractivity contribution in [2.45, 2.75) is 25.2 Å². The molecule has 0 saturated heterocycles. The van der Waals surface area contributed by atoms with Crippen LogP contribution in [0.15, 0.2) is 27.6 Å². The average Bonchev–Trinajstić information content (AvgIpc) is 2.26. The number of benzene rings is 1. The van der Waals surface area contributed by atoms with Gasteiger partial charge in [-0.1, -0.05) is 13.8 Å². The Balaban J connectivity index is 2.87. The first-order valence-electron chi connectivity index (χ1n) is 5.73. The van der Waals surface area contributed by atoms with E-state index in [0.717, 1.165) is 12.1 Å². The van der Waals surface area contributed by atoms with Gasteiger partial charge in [-0.05, 0) is 46.0 Å². The zero-order valence-corrected chi connectivity index (χ0v) is 13.2. The van der Waals surface area contributed by atoms with Crippen molar-refractivity contribution in [2.75, 3.05) is 13.2 Å². The van der Waals surface area contributed by atoms with Gasteiger partial charge < -0.3 is 5.11 Å². The maximum Gasteiger partial charge on any atom is 0.241 e. The molecule has 0 aliphatic heterocycles. The number of halogens is 2. The summed E-state index contributed by atoms with van der Waals surface area (Å²) in [4.78, 5) is -0.00583. The Labute approximate surface area is 121 Å². The van der Waals surface area contributed by atoms with Crippen LogP contribution in [-0.2, 0) is 10.0 Å². The molecule has 0 heterocycles. The van der Waals surface area contributed by atoms with Crippen molar-refractivity contribution in [1.29, 1.82) is 0 Å². The molecule has 19 heavy (non-hydrogen) atoms. The van der Waals surface area contributed by atoms with Gasteiger partial charge in [0.05, 0.1) is 4.90 Å². The van der Waals surface area contributed by atoms with E-state index in [1.54, 1.807) is 0 Å². The molecule has 0 saturated carbocycles. The normalized spacial score (nSPS) is 12.7. The summed E-state index contributed by atoms with van der Waals surface area (Å²) in [5, 5.41) is 8.90. The summed E-state index contributed by atoms with van der Waals surface area (Å²) < 4.78 is 39.8. The van der Waals surface area contributed by atoms with E-state index >= 15 is 0 Å². The average molecular weight is 354 g/mol. The Bertz CT molecular complexity index is 546. The van der Waals surface area contributed by atoms with Gasteiger partial charge in [-0.3, -0.25) is 0 Å². The van der Waals surface area contributed by atoms with Gasteiger partial charge in [0, 0.05) is 17.6 Å². The molecule has 0 atom stereocenters. The summed E-state index contributed by atoms with van der Waals surface area (Å²) in [6.45, 7) is 3.89. The Kier molecular flexibility index (Phi) is 5.49. The minimum absolute atomic E-state index is 0.00499. The van der Waals surface area contributed by atoms with Gasteiger partial charge >= 0.3 is 0 Å². The Morgan fingerprint density at radius 2 is 2.05 bits per heavy atom. The number of hydrogen-bond acceptors (Lipinski definition) is 3. The van der Waals surface area contributed by atoms with Crippen LogP contribution in [0.1, 0.15) is 20.3 Å². The van der Waals surface area contributed by atoms with Gasteiger partial charge in [0.15, 0.2) is 0 Å². The van der Waals surface area contributed by atoms with E-state index in [0.29, 0.717) is 6.42 Å². The first-order valence-corrected chi connectivity index (χ1v) is 8.01. The molecule has 108 valence electrons. The highest BCUT2D eigenvalue weighted by atomic mass is 79.9. The quantitative estimate of drug-likeness (QED) is 0.824. The van der Waals surface area contributed by atoms with Crippen LogP contribution in [0.25, 0.3) is 0 Å². The molecule has 0 aromatic heterocycles. The second-order valence-corrected chi connectivity index (χ2v) is 7.63. The van der Waals surface area contributed by atoms with Gasteiger partial charge in [0.2, 0.25) is 10.0 Å². The van der Waals surface area contributed by atoms with Crippen molar-refractivity contribution < 1.29 is 17.9 Å². The molecule has 2 N–H and O–H groups in total. The molecular formula is C12H17BrFNO3S. The number of aliphatic hydroxyl groups excluding tert-OH is 1. The second kappa shape index (κ2) is 6.30. The van der Waals surface area contributed by atoms with Crippen LogP contribution in [0, 0.1) is 11.2 Å². The molecule has 0 radical (unpaired) electrons.